The zero-order chi connectivity index (χ0) is 21.3. The summed E-state index contributed by atoms with van der Waals surface area (Å²) >= 11 is 0. The van der Waals surface area contributed by atoms with Crippen molar-refractivity contribution < 1.29 is 14.7 Å². The van der Waals surface area contributed by atoms with Gasteiger partial charge in [-0.25, -0.2) is 4.79 Å². The van der Waals surface area contributed by atoms with Crippen LogP contribution in [0.25, 0.3) is 11.0 Å². The Morgan fingerprint density at radius 2 is 1.70 bits per heavy atom. The van der Waals surface area contributed by atoms with E-state index in [1.54, 1.807) is 30.5 Å². The lowest BCUT2D eigenvalue weighted by atomic mass is 10.0. The Hall–Kier alpha value is -4.40. The number of carbonyl (C=O) groups is 2. The third kappa shape index (κ3) is 3.76. The molecule has 6 N–H and O–H groups in total. The summed E-state index contributed by atoms with van der Waals surface area (Å²) in [5.41, 5.74) is 8.46. The molecule has 0 unspecified atom stereocenters. The first-order valence-electron chi connectivity index (χ1n) is 9.00. The fourth-order valence-corrected chi connectivity index (χ4v) is 3.15. The van der Waals surface area contributed by atoms with Gasteiger partial charge in [0.1, 0.15) is 5.65 Å². The number of nitrogens with zero attached hydrogens (tertiary/aromatic N) is 1. The molecule has 0 bridgehead atoms. The van der Waals surface area contributed by atoms with Gasteiger partial charge in [0.2, 0.25) is 5.95 Å². The average molecular weight is 403 g/mol. The largest absolute Gasteiger partial charge is 0.478 e. The Morgan fingerprint density at radius 1 is 1.03 bits per heavy atom. The molecule has 1 amide bonds. The second-order valence-corrected chi connectivity index (χ2v) is 6.70. The number of anilines is 2. The molecule has 4 rings (SSSR count). The molecule has 0 radical (unpaired) electrons. The maximum absolute atomic E-state index is 12.4. The van der Waals surface area contributed by atoms with Crippen LogP contribution in [0.15, 0.2) is 59.5 Å². The van der Waals surface area contributed by atoms with Crippen LogP contribution < -0.4 is 16.6 Å². The number of carbonyl (C=O) groups excluding carboxylic acids is 1. The van der Waals surface area contributed by atoms with Gasteiger partial charge in [0, 0.05) is 17.4 Å². The van der Waals surface area contributed by atoms with Crippen LogP contribution >= 0.6 is 0 Å². The smallest absolute Gasteiger partial charge is 0.335 e. The van der Waals surface area contributed by atoms with Crippen LogP contribution in [0.3, 0.4) is 0 Å². The van der Waals surface area contributed by atoms with Crippen molar-refractivity contribution in [2.24, 2.45) is 0 Å². The normalized spacial score (nSPS) is 10.8. The molecular weight excluding hydrogens is 386 g/mol. The number of nitrogen functional groups attached to an aromatic ring is 1. The lowest BCUT2D eigenvalue weighted by molar-refractivity contribution is 0.0696. The lowest BCUT2D eigenvalue weighted by Crippen LogP contribution is -2.12. The van der Waals surface area contributed by atoms with E-state index in [9.17, 15) is 14.4 Å². The monoisotopic (exact) mass is 403 g/mol. The molecule has 2 heterocycles. The Bertz CT molecular complexity index is 1300. The zero-order valence-electron chi connectivity index (χ0n) is 15.6. The van der Waals surface area contributed by atoms with Crippen LogP contribution in [0, 0.1) is 0 Å². The predicted octanol–water partition coefficient (Wildman–Crippen LogP) is 2.37. The van der Waals surface area contributed by atoms with Crippen molar-refractivity contribution in [2.75, 3.05) is 11.1 Å². The number of benzene rings is 2. The van der Waals surface area contributed by atoms with Crippen molar-refractivity contribution >= 4 is 34.5 Å². The van der Waals surface area contributed by atoms with Gasteiger partial charge in [-0.3, -0.25) is 14.6 Å². The molecule has 0 fully saturated rings. The lowest BCUT2D eigenvalue weighted by Gasteiger charge is -2.07. The minimum atomic E-state index is -1.03. The molecule has 30 heavy (non-hydrogen) atoms. The number of fused-ring (bicyclic) bond motifs is 1. The van der Waals surface area contributed by atoms with Gasteiger partial charge in [-0.1, -0.05) is 12.1 Å². The van der Waals surface area contributed by atoms with Gasteiger partial charge >= 0.3 is 5.97 Å². The van der Waals surface area contributed by atoms with Gasteiger partial charge in [-0.2, -0.15) is 4.98 Å². The van der Waals surface area contributed by atoms with Crippen LogP contribution in [0.5, 0.6) is 0 Å². The molecule has 150 valence electrons. The summed E-state index contributed by atoms with van der Waals surface area (Å²) in [5, 5.41) is 12.1. The molecule has 0 aliphatic rings. The third-order valence-electron chi connectivity index (χ3n) is 4.64. The van der Waals surface area contributed by atoms with Crippen LogP contribution in [-0.4, -0.2) is 31.9 Å². The van der Waals surface area contributed by atoms with Crippen LogP contribution in [0.1, 0.15) is 31.8 Å². The number of nitrogens with one attached hydrogen (secondary N) is 3. The summed E-state index contributed by atoms with van der Waals surface area (Å²) in [5.74, 6) is -1.29. The van der Waals surface area contributed by atoms with E-state index in [2.05, 4.69) is 20.3 Å². The van der Waals surface area contributed by atoms with Crippen LogP contribution in [0.2, 0.25) is 0 Å². The Kier molecular flexibility index (Phi) is 4.77. The highest BCUT2D eigenvalue weighted by atomic mass is 16.4. The van der Waals surface area contributed by atoms with E-state index in [1.807, 2.05) is 0 Å². The van der Waals surface area contributed by atoms with E-state index >= 15 is 0 Å². The number of hydrogen-bond acceptors (Lipinski definition) is 5. The summed E-state index contributed by atoms with van der Waals surface area (Å²) in [6, 6.07) is 12.9. The van der Waals surface area contributed by atoms with Gasteiger partial charge in [0.05, 0.1) is 10.9 Å². The second kappa shape index (κ2) is 7.55. The maximum atomic E-state index is 12.4. The van der Waals surface area contributed by atoms with Crippen LogP contribution in [0.4, 0.5) is 11.6 Å². The zero-order valence-corrected chi connectivity index (χ0v) is 15.6. The fourth-order valence-electron chi connectivity index (χ4n) is 3.15. The first-order chi connectivity index (χ1) is 14.4. The van der Waals surface area contributed by atoms with Crippen molar-refractivity contribution in [2.45, 2.75) is 6.42 Å². The minimum absolute atomic E-state index is 0.0499. The number of rotatable bonds is 5. The molecule has 0 aliphatic heterocycles. The molecule has 0 atom stereocenters. The van der Waals surface area contributed by atoms with Gasteiger partial charge < -0.3 is 21.1 Å². The highest BCUT2D eigenvalue weighted by Gasteiger charge is 2.12. The number of amides is 1. The van der Waals surface area contributed by atoms with E-state index in [4.69, 9.17) is 10.8 Å². The third-order valence-corrected chi connectivity index (χ3v) is 4.64. The van der Waals surface area contributed by atoms with E-state index in [1.165, 1.54) is 24.3 Å². The standard InChI is InChI=1S/C21H17N5O4/c22-21-25-17-16(19(28)26-21)14(10-23-17)9-11-1-3-12(4-2-11)18(27)24-15-7-5-13(6-8-15)20(29)30/h1-8,10H,9H2,(H,24,27)(H,29,30)(H4,22,23,25,26,28). The van der Waals surface area contributed by atoms with Gasteiger partial charge in [-0.15, -0.1) is 0 Å². The number of nitrogens with two attached hydrogens (primary N) is 1. The number of aromatic carboxylic acids is 1. The highest BCUT2D eigenvalue weighted by Crippen LogP contribution is 2.18. The first-order valence-corrected chi connectivity index (χ1v) is 9.00. The molecule has 0 aliphatic carbocycles. The molecule has 0 saturated carbocycles. The SMILES string of the molecule is Nc1nc2[nH]cc(Cc3ccc(C(=O)Nc4ccc(C(=O)O)cc4)cc3)c2c(=O)[nH]1. The van der Waals surface area contributed by atoms with Crippen molar-refractivity contribution in [3.8, 4) is 0 Å². The number of H-pyrrole nitrogens is 2. The molecule has 2 aromatic carbocycles. The molecular formula is C21H17N5O4. The second-order valence-electron chi connectivity index (χ2n) is 6.70. The van der Waals surface area contributed by atoms with E-state index < -0.39 is 5.97 Å². The fraction of sp³-hybridized carbons (Fsp3) is 0.0476. The van der Waals surface area contributed by atoms with E-state index in [-0.39, 0.29) is 23.0 Å². The Balaban J connectivity index is 1.48. The van der Waals surface area contributed by atoms with E-state index in [0.29, 0.717) is 28.7 Å². The molecule has 4 aromatic rings. The number of aromatic nitrogens is 3. The molecule has 9 heteroatoms. The van der Waals surface area contributed by atoms with Gasteiger partial charge in [0.25, 0.3) is 11.5 Å². The number of carboxylic acids is 1. The summed E-state index contributed by atoms with van der Waals surface area (Å²) in [4.78, 5) is 45.0. The number of carboxylic acid groups (broad SMARTS) is 1. The first kappa shape index (κ1) is 18.9. The van der Waals surface area contributed by atoms with Crippen molar-refractivity contribution in [1.29, 1.82) is 0 Å². The van der Waals surface area contributed by atoms with Crippen LogP contribution in [-0.2, 0) is 6.42 Å². The molecule has 0 saturated heterocycles. The Morgan fingerprint density at radius 3 is 2.37 bits per heavy atom. The summed E-state index contributed by atoms with van der Waals surface area (Å²) in [7, 11) is 0. The molecule has 2 aromatic heterocycles. The minimum Gasteiger partial charge on any atom is -0.478 e. The average Bonchev–Trinajstić information content (AvgIpc) is 3.11. The topological polar surface area (TPSA) is 154 Å². The molecule has 0 spiro atoms. The van der Waals surface area contributed by atoms with E-state index in [0.717, 1.165) is 11.1 Å². The van der Waals surface area contributed by atoms with Gasteiger partial charge in [-0.05, 0) is 53.9 Å². The maximum Gasteiger partial charge on any atom is 0.335 e. The van der Waals surface area contributed by atoms with Crippen molar-refractivity contribution in [3.05, 3.63) is 87.3 Å². The number of aromatic amines is 2. The van der Waals surface area contributed by atoms with Crippen molar-refractivity contribution in [3.63, 3.8) is 0 Å². The summed E-state index contributed by atoms with van der Waals surface area (Å²) in [6.45, 7) is 0. The van der Waals surface area contributed by atoms with Gasteiger partial charge in [0.15, 0.2) is 0 Å². The quantitative estimate of drug-likeness (QED) is 0.345. The summed E-state index contributed by atoms with van der Waals surface area (Å²) in [6.07, 6.45) is 2.20. The predicted molar refractivity (Wildman–Crippen MR) is 112 cm³/mol. The highest BCUT2D eigenvalue weighted by molar-refractivity contribution is 6.04. The summed E-state index contributed by atoms with van der Waals surface area (Å²) < 4.78 is 0. The number of hydrogen-bond donors (Lipinski definition) is 5. The Labute approximate surface area is 169 Å². The van der Waals surface area contributed by atoms with Crippen molar-refractivity contribution in [1.82, 2.24) is 15.0 Å². The molecule has 9 nitrogen and oxygen atoms in total.